The molecule has 2 heterocycles. The van der Waals surface area contributed by atoms with Crippen LogP contribution in [0.4, 0.5) is 10.3 Å². The van der Waals surface area contributed by atoms with Gasteiger partial charge in [0.05, 0.1) is 11.4 Å². The summed E-state index contributed by atoms with van der Waals surface area (Å²) in [6, 6.07) is 12.1. The van der Waals surface area contributed by atoms with Crippen molar-refractivity contribution in [2.45, 2.75) is 20.3 Å². The molecule has 8 heteroatoms. The lowest BCUT2D eigenvalue weighted by atomic mass is 10.1. The highest BCUT2D eigenvalue weighted by Crippen LogP contribution is 2.35. The molecule has 0 spiro atoms. The summed E-state index contributed by atoms with van der Waals surface area (Å²) >= 11 is 8.63. The number of nitriles is 2. The van der Waals surface area contributed by atoms with Crippen molar-refractivity contribution in [3.05, 3.63) is 56.0 Å². The fourth-order valence-corrected chi connectivity index (χ4v) is 4.34. The van der Waals surface area contributed by atoms with Crippen molar-refractivity contribution in [3.63, 3.8) is 0 Å². The topological polar surface area (TPSA) is 76.6 Å². The molecule has 0 saturated carbocycles. The van der Waals surface area contributed by atoms with E-state index in [0.717, 1.165) is 12.0 Å². The number of aromatic nitrogens is 2. The highest BCUT2D eigenvalue weighted by molar-refractivity contribution is 7.18. The van der Waals surface area contributed by atoms with Gasteiger partial charge in [-0.1, -0.05) is 46.4 Å². The summed E-state index contributed by atoms with van der Waals surface area (Å²) in [6.07, 6.45) is 0.762. The van der Waals surface area contributed by atoms with E-state index >= 15 is 0 Å². The standard InChI is InChI=1S/C18H14ClN5S2/c1-11-15(9-20)25-17(22-11)24(18-23-12(2)16(10-21)26-18)8-7-13-3-5-14(19)6-4-13/h3-6H,7-8H2,1-2H3. The minimum absolute atomic E-state index is 0.588. The predicted molar refractivity (Wildman–Crippen MR) is 105 cm³/mol. The molecule has 0 radical (unpaired) electrons. The van der Waals surface area contributed by atoms with Crippen LogP contribution >= 0.6 is 34.3 Å². The van der Waals surface area contributed by atoms with Crippen LogP contribution in [0.15, 0.2) is 24.3 Å². The van der Waals surface area contributed by atoms with E-state index in [1.807, 2.05) is 43.0 Å². The van der Waals surface area contributed by atoms with E-state index in [1.54, 1.807) is 0 Å². The average Bonchev–Trinajstić information content (AvgIpc) is 3.19. The molecule has 3 rings (SSSR count). The van der Waals surface area contributed by atoms with E-state index in [2.05, 4.69) is 22.1 Å². The number of thiazole rings is 2. The third kappa shape index (κ3) is 3.86. The van der Waals surface area contributed by atoms with Gasteiger partial charge in [-0.25, -0.2) is 9.97 Å². The van der Waals surface area contributed by atoms with Crippen LogP contribution in [0, 0.1) is 36.5 Å². The molecule has 1 aromatic carbocycles. The van der Waals surface area contributed by atoms with Gasteiger partial charge in [0.25, 0.3) is 0 Å². The Hall–Kier alpha value is -2.45. The Morgan fingerprint density at radius 2 is 1.46 bits per heavy atom. The molecule has 0 aliphatic rings. The average molecular weight is 400 g/mol. The maximum atomic E-state index is 9.24. The largest absolute Gasteiger partial charge is 0.293 e. The molecular weight excluding hydrogens is 386 g/mol. The zero-order valence-electron chi connectivity index (χ0n) is 14.2. The van der Waals surface area contributed by atoms with Crippen LogP contribution in [0.3, 0.4) is 0 Å². The van der Waals surface area contributed by atoms with Gasteiger partial charge in [0.1, 0.15) is 21.9 Å². The molecule has 3 aromatic rings. The summed E-state index contributed by atoms with van der Waals surface area (Å²) < 4.78 is 0. The highest BCUT2D eigenvalue weighted by Gasteiger charge is 2.20. The first-order valence-corrected chi connectivity index (χ1v) is 9.80. The molecule has 0 bridgehead atoms. The molecule has 0 fully saturated rings. The second-order valence-electron chi connectivity index (χ2n) is 5.57. The maximum Gasteiger partial charge on any atom is 0.193 e. The maximum absolute atomic E-state index is 9.24. The van der Waals surface area contributed by atoms with Crippen molar-refractivity contribution in [2.75, 3.05) is 11.4 Å². The van der Waals surface area contributed by atoms with E-state index in [-0.39, 0.29) is 0 Å². The number of benzene rings is 1. The summed E-state index contributed by atoms with van der Waals surface area (Å²) in [4.78, 5) is 12.2. The quantitative estimate of drug-likeness (QED) is 0.603. The number of hydrogen-bond acceptors (Lipinski definition) is 7. The first kappa shape index (κ1) is 18.3. The smallest absolute Gasteiger partial charge is 0.193 e. The monoisotopic (exact) mass is 399 g/mol. The van der Waals surface area contributed by atoms with E-state index in [9.17, 15) is 10.5 Å². The number of rotatable bonds is 5. The van der Waals surface area contributed by atoms with Crippen LogP contribution in [-0.2, 0) is 6.42 Å². The van der Waals surface area contributed by atoms with Gasteiger partial charge in [-0.05, 0) is 38.0 Å². The van der Waals surface area contributed by atoms with Crippen LogP contribution in [0.25, 0.3) is 0 Å². The van der Waals surface area contributed by atoms with Crippen molar-refractivity contribution in [3.8, 4) is 12.1 Å². The van der Waals surface area contributed by atoms with E-state index in [4.69, 9.17) is 11.6 Å². The van der Waals surface area contributed by atoms with E-state index in [0.29, 0.717) is 43.0 Å². The van der Waals surface area contributed by atoms with Crippen LogP contribution < -0.4 is 4.90 Å². The Morgan fingerprint density at radius 3 is 1.88 bits per heavy atom. The SMILES string of the molecule is Cc1nc(N(CCc2ccc(Cl)cc2)c2nc(C)c(C#N)s2)sc1C#N. The summed E-state index contributed by atoms with van der Waals surface area (Å²) in [5, 5.41) is 20.6. The van der Waals surface area contributed by atoms with Crippen LogP contribution in [0.2, 0.25) is 5.02 Å². The minimum atomic E-state index is 0.588. The van der Waals surface area contributed by atoms with Gasteiger partial charge in [-0.2, -0.15) is 10.5 Å². The number of aryl methyl sites for hydroxylation is 2. The Bertz CT molecular complexity index is 950. The van der Waals surface area contributed by atoms with Crippen molar-refractivity contribution in [1.29, 1.82) is 10.5 Å². The Balaban J connectivity index is 1.93. The van der Waals surface area contributed by atoms with E-state index in [1.165, 1.54) is 22.7 Å². The number of nitrogens with zero attached hydrogens (tertiary/aromatic N) is 5. The Morgan fingerprint density at radius 1 is 0.962 bits per heavy atom. The lowest BCUT2D eigenvalue weighted by Crippen LogP contribution is -2.20. The molecule has 0 N–H and O–H groups in total. The fourth-order valence-electron chi connectivity index (χ4n) is 2.37. The minimum Gasteiger partial charge on any atom is -0.293 e. The first-order chi connectivity index (χ1) is 12.5. The van der Waals surface area contributed by atoms with Gasteiger partial charge in [0, 0.05) is 11.6 Å². The number of halogens is 1. The molecule has 130 valence electrons. The molecule has 26 heavy (non-hydrogen) atoms. The Kier molecular flexibility index (Phi) is 5.53. The summed E-state index contributed by atoms with van der Waals surface area (Å²) in [7, 11) is 0. The lowest BCUT2D eigenvalue weighted by molar-refractivity contribution is 0.898. The molecule has 0 unspecified atom stereocenters. The molecule has 2 aromatic heterocycles. The molecule has 0 atom stereocenters. The molecule has 0 aliphatic carbocycles. The third-order valence-corrected chi connectivity index (χ3v) is 6.19. The van der Waals surface area contributed by atoms with Gasteiger partial charge in [-0.15, -0.1) is 0 Å². The normalized spacial score (nSPS) is 10.3. The summed E-state index contributed by atoms with van der Waals surface area (Å²) in [5.74, 6) is 0. The summed E-state index contributed by atoms with van der Waals surface area (Å²) in [5.41, 5.74) is 2.55. The Labute approximate surface area is 164 Å². The van der Waals surface area contributed by atoms with Gasteiger partial charge < -0.3 is 0 Å². The zero-order valence-corrected chi connectivity index (χ0v) is 16.5. The fraction of sp³-hybridized carbons (Fsp3) is 0.222. The predicted octanol–water partition coefficient (Wildman–Crippen LogP) is 4.99. The number of anilines is 2. The van der Waals surface area contributed by atoms with E-state index < -0.39 is 0 Å². The van der Waals surface area contributed by atoms with Gasteiger partial charge in [0.2, 0.25) is 0 Å². The molecular formula is C18H14ClN5S2. The second kappa shape index (κ2) is 7.84. The van der Waals surface area contributed by atoms with Crippen LogP contribution in [0.1, 0.15) is 26.7 Å². The van der Waals surface area contributed by atoms with Crippen LogP contribution in [0.5, 0.6) is 0 Å². The molecule has 0 saturated heterocycles. The molecule has 0 aliphatic heterocycles. The third-order valence-electron chi connectivity index (χ3n) is 3.77. The van der Waals surface area contributed by atoms with Crippen molar-refractivity contribution < 1.29 is 0 Å². The highest BCUT2D eigenvalue weighted by atomic mass is 35.5. The summed E-state index contributed by atoms with van der Waals surface area (Å²) in [6.45, 7) is 4.28. The van der Waals surface area contributed by atoms with Gasteiger partial charge in [-0.3, -0.25) is 4.90 Å². The molecule has 5 nitrogen and oxygen atoms in total. The lowest BCUT2D eigenvalue weighted by Gasteiger charge is -2.18. The molecule has 0 amide bonds. The van der Waals surface area contributed by atoms with Gasteiger partial charge >= 0.3 is 0 Å². The van der Waals surface area contributed by atoms with Crippen molar-refractivity contribution >= 4 is 44.5 Å². The zero-order chi connectivity index (χ0) is 18.7. The van der Waals surface area contributed by atoms with Gasteiger partial charge in [0.15, 0.2) is 10.3 Å². The second-order valence-corrected chi connectivity index (χ2v) is 7.97. The number of hydrogen-bond donors (Lipinski definition) is 0. The van der Waals surface area contributed by atoms with Crippen molar-refractivity contribution in [1.82, 2.24) is 9.97 Å². The first-order valence-electron chi connectivity index (χ1n) is 7.79. The van der Waals surface area contributed by atoms with Crippen molar-refractivity contribution in [2.24, 2.45) is 0 Å². The van der Waals surface area contributed by atoms with Crippen LogP contribution in [-0.4, -0.2) is 16.5 Å².